The Bertz CT molecular complexity index is 393. The van der Waals surface area contributed by atoms with Gasteiger partial charge in [-0.15, -0.1) is 0 Å². The van der Waals surface area contributed by atoms with E-state index in [0.29, 0.717) is 6.61 Å². The average molecular weight is 285 g/mol. The minimum absolute atomic E-state index is 0.00949. The number of ether oxygens (including phenoxy) is 1. The first-order valence-electron chi connectivity index (χ1n) is 5.20. The van der Waals surface area contributed by atoms with Crippen molar-refractivity contribution in [2.75, 3.05) is 6.61 Å². The molecule has 0 saturated carbocycles. The van der Waals surface area contributed by atoms with Gasteiger partial charge in [0.05, 0.1) is 6.61 Å². The van der Waals surface area contributed by atoms with E-state index in [0.717, 1.165) is 21.3 Å². The molecule has 88 valence electrons. The van der Waals surface area contributed by atoms with Crippen LogP contribution in [0.15, 0.2) is 28.3 Å². The highest BCUT2D eigenvalue weighted by Crippen LogP contribution is 2.28. The number of hydrogen-bond acceptors (Lipinski definition) is 2. The normalized spacial score (nSPS) is 10.1. The van der Waals surface area contributed by atoms with E-state index in [4.69, 9.17) is 4.74 Å². The van der Waals surface area contributed by atoms with Crippen LogP contribution in [-0.2, 0) is 6.61 Å². The Labute approximate surface area is 105 Å². The van der Waals surface area contributed by atoms with Crippen molar-refractivity contribution in [1.29, 1.82) is 0 Å². The van der Waals surface area contributed by atoms with Gasteiger partial charge in [0, 0.05) is 10.0 Å². The lowest BCUT2D eigenvalue weighted by molar-refractivity contribution is 0.269. The monoisotopic (exact) mass is 284 g/mol. The second kappa shape index (κ2) is 6.06. The highest BCUT2D eigenvalue weighted by atomic mass is 79.9. The summed E-state index contributed by atoms with van der Waals surface area (Å²) in [6, 6.07) is 3.86. The Morgan fingerprint density at radius 3 is 2.69 bits per heavy atom. The molecule has 1 aromatic rings. The van der Waals surface area contributed by atoms with Gasteiger partial charge in [-0.2, -0.15) is 0 Å². The van der Waals surface area contributed by atoms with Gasteiger partial charge in [0.1, 0.15) is 12.4 Å². The van der Waals surface area contributed by atoms with Crippen LogP contribution in [0.25, 0.3) is 0 Å². The molecule has 1 aromatic carbocycles. The van der Waals surface area contributed by atoms with Crippen LogP contribution in [-0.4, -0.2) is 11.7 Å². The summed E-state index contributed by atoms with van der Waals surface area (Å²) in [5.74, 6) is 0.781. The number of halogens is 1. The largest absolute Gasteiger partial charge is 0.489 e. The predicted octanol–water partition coefficient (Wildman–Crippen LogP) is 3.59. The van der Waals surface area contributed by atoms with Crippen LogP contribution >= 0.6 is 15.9 Å². The highest BCUT2D eigenvalue weighted by molar-refractivity contribution is 9.10. The van der Waals surface area contributed by atoms with Gasteiger partial charge in [-0.05, 0) is 44.5 Å². The topological polar surface area (TPSA) is 29.5 Å². The van der Waals surface area contributed by atoms with Crippen molar-refractivity contribution in [2.24, 2.45) is 0 Å². The van der Waals surface area contributed by atoms with Crippen molar-refractivity contribution in [3.8, 4) is 5.75 Å². The van der Waals surface area contributed by atoms with Crippen molar-refractivity contribution < 1.29 is 9.84 Å². The van der Waals surface area contributed by atoms with Crippen LogP contribution in [0, 0.1) is 6.92 Å². The molecule has 0 spiro atoms. The van der Waals surface area contributed by atoms with Gasteiger partial charge in [-0.1, -0.05) is 21.5 Å². The van der Waals surface area contributed by atoms with Crippen LogP contribution < -0.4 is 4.74 Å². The SMILES string of the molecule is CC(C)=CCOc1c(C)cc(Br)cc1CO. The molecular formula is C13H17BrO2. The summed E-state index contributed by atoms with van der Waals surface area (Å²) in [7, 11) is 0. The van der Waals surface area contributed by atoms with Crippen molar-refractivity contribution in [3.05, 3.63) is 39.4 Å². The van der Waals surface area contributed by atoms with E-state index < -0.39 is 0 Å². The van der Waals surface area contributed by atoms with E-state index in [1.54, 1.807) is 0 Å². The lowest BCUT2D eigenvalue weighted by Gasteiger charge is -2.12. The standard InChI is InChI=1S/C13H17BrO2/c1-9(2)4-5-16-13-10(3)6-12(14)7-11(13)8-15/h4,6-7,15H,5,8H2,1-3H3. The summed E-state index contributed by atoms with van der Waals surface area (Å²) >= 11 is 3.40. The third-order valence-electron chi connectivity index (χ3n) is 2.21. The van der Waals surface area contributed by atoms with Gasteiger partial charge < -0.3 is 9.84 Å². The Balaban J connectivity index is 2.90. The zero-order valence-corrected chi connectivity index (χ0v) is 11.5. The molecule has 0 amide bonds. The molecule has 0 saturated heterocycles. The number of aliphatic hydroxyl groups excluding tert-OH is 1. The Hall–Kier alpha value is -0.800. The Kier molecular flexibility index (Phi) is 5.03. The van der Waals surface area contributed by atoms with Gasteiger partial charge in [-0.3, -0.25) is 0 Å². The predicted molar refractivity (Wildman–Crippen MR) is 69.7 cm³/mol. The molecule has 0 unspecified atom stereocenters. The second-order valence-electron chi connectivity index (χ2n) is 3.96. The molecule has 0 atom stereocenters. The van der Waals surface area contributed by atoms with Crippen molar-refractivity contribution in [1.82, 2.24) is 0 Å². The van der Waals surface area contributed by atoms with Crippen LogP contribution in [0.1, 0.15) is 25.0 Å². The van der Waals surface area contributed by atoms with Crippen LogP contribution in [0.4, 0.5) is 0 Å². The van der Waals surface area contributed by atoms with E-state index in [1.165, 1.54) is 5.57 Å². The van der Waals surface area contributed by atoms with Gasteiger partial charge >= 0.3 is 0 Å². The molecule has 0 fully saturated rings. The van der Waals surface area contributed by atoms with E-state index in [-0.39, 0.29) is 6.61 Å². The summed E-state index contributed by atoms with van der Waals surface area (Å²) < 4.78 is 6.63. The van der Waals surface area contributed by atoms with Crippen molar-refractivity contribution in [2.45, 2.75) is 27.4 Å². The molecule has 0 heterocycles. The number of rotatable bonds is 4. The quantitative estimate of drug-likeness (QED) is 0.857. The minimum atomic E-state index is -0.00949. The van der Waals surface area contributed by atoms with Crippen LogP contribution in [0.3, 0.4) is 0 Å². The summed E-state index contributed by atoms with van der Waals surface area (Å²) in [4.78, 5) is 0. The molecule has 1 N–H and O–H groups in total. The van der Waals surface area contributed by atoms with Gasteiger partial charge in [0.2, 0.25) is 0 Å². The first kappa shape index (κ1) is 13.3. The van der Waals surface area contributed by atoms with Crippen LogP contribution in [0.5, 0.6) is 5.75 Å². The lowest BCUT2D eigenvalue weighted by Crippen LogP contribution is -2.00. The molecule has 1 rings (SSSR count). The van der Waals surface area contributed by atoms with E-state index in [1.807, 2.05) is 39.0 Å². The Morgan fingerprint density at radius 1 is 1.44 bits per heavy atom. The van der Waals surface area contributed by atoms with Gasteiger partial charge in [0.15, 0.2) is 0 Å². The molecule has 0 aromatic heterocycles. The minimum Gasteiger partial charge on any atom is -0.489 e. The fourth-order valence-electron chi connectivity index (χ4n) is 1.41. The maximum Gasteiger partial charge on any atom is 0.128 e. The van der Waals surface area contributed by atoms with Crippen molar-refractivity contribution >= 4 is 15.9 Å². The number of benzene rings is 1. The molecule has 16 heavy (non-hydrogen) atoms. The third kappa shape index (κ3) is 3.65. The highest BCUT2D eigenvalue weighted by Gasteiger charge is 2.07. The zero-order valence-electron chi connectivity index (χ0n) is 9.88. The van der Waals surface area contributed by atoms with Gasteiger partial charge in [0.25, 0.3) is 0 Å². The fraction of sp³-hybridized carbons (Fsp3) is 0.385. The first-order valence-corrected chi connectivity index (χ1v) is 6.00. The third-order valence-corrected chi connectivity index (χ3v) is 2.66. The first-order chi connectivity index (χ1) is 7.54. The molecule has 0 aliphatic heterocycles. The van der Waals surface area contributed by atoms with Gasteiger partial charge in [-0.25, -0.2) is 0 Å². The molecule has 0 aliphatic carbocycles. The number of allylic oxidation sites excluding steroid dienone is 1. The zero-order chi connectivity index (χ0) is 12.1. The average Bonchev–Trinajstić information content (AvgIpc) is 2.20. The molecule has 0 bridgehead atoms. The molecule has 0 radical (unpaired) electrons. The molecule has 2 nitrogen and oxygen atoms in total. The summed E-state index contributed by atoms with van der Waals surface area (Å²) in [6.45, 7) is 6.57. The maximum absolute atomic E-state index is 9.26. The summed E-state index contributed by atoms with van der Waals surface area (Å²) in [5.41, 5.74) is 3.06. The fourth-order valence-corrected chi connectivity index (χ4v) is 2.03. The van der Waals surface area contributed by atoms with E-state index in [9.17, 15) is 5.11 Å². The summed E-state index contributed by atoms with van der Waals surface area (Å²) in [5, 5.41) is 9.26. The van der Waals surface area contributed by atoms with Crippen molar-refractivity contribution in [3.63, 3.8) is 0 Å². The molecule has 3 heteroatoms. The number of aliphatic hydroxyl groups is 1. The second-order valence-corrected chi connectivity index (χ2v) is 4.88. The molecular weight excluding hydrogens is 268 g/mol. The smallest absolute Gasteiger partial charge is 0.128 e. The number of hydrogen-bond donors (Lipinski definition) is 1. The van der Waals surface area contributed by atoms with E-state index >= 15 is 0 Å². The Morgan fingerprint density at radius 2 is 2.12 bits per heavy atom. The maximum atomic E-state index is 9.26. The number of aryl methyl sites for hydroxylation is 1. The summed E-state index contributed by atoms with van der Waals surface area (Å²) in [6.07, 6.45) is 2.02. The van der Waals surface area contributed by atoms with Crippen LogP contribution in [0.2, 0.25) is 0 Å². The lowest BCUT2D eigenvalue weighted by atomic mass is 10.1. The molecule has 0 aliphatic rings. The van der Waals surface area contributed by atoms with E-state index in [2.05, 4.69) is 15.9 Å².